The molecule has 5 heteroatoms. The van der Waals surface area contributed by atoms with Crippen LogP contribution in [0.25, 0.3) is 0 Å². The molecule has 0 aliphatic carbocycles. The molecule has 0 bridgehead atoms. The molecule has 0 saturated carbocycles. The van der Waals surface area contributed by atoms with Crippen LogP contribution in [0.15, 0.2) is 22.7 Å². The second kappa shape index (κ2) is 3.63. The van der Waals surface area contributed by atoms with Gasteiger partial charge in [0.25, 0.3) is 0 Å². The van der Waals surface area contributed by atoms with Crippen molar-refractivity contribution in [2.24, 2.45) is 5.73 Å². The molecule has 0 unspecified atom stereocenters. The van der Waals surface area contributed by atoms with E-state index in [-0.39, 0.29) is 0 Å². The van der Waals surface area contributed by atoms with Crippen molar-refractivity contribution in [3.8, 4) is 0 Å². The van der Waals surface area contributed by atoms with Crippen LogP contribution in [0.4, 0.5) is 0 Å². The molecule has 2 heterocycles. The Morgan fingerprint density at radius 1 is 1.50 bits per heavy atom. The monoisotopic (exact) mass is 192 g/mol. The zero-order valence-electron chi connectivity index (χ0n) is 7.97. The summed E-state index contributed by atoms with van der Waals surface area (Å²) < 4.78 is 7.16. The van der Waals surface area contributed by atoms with E-state index in [4.69, 9.17) is 10.2 Å². The van der Waals surface area contributed by atoms with Crippen LogP contribution in [0, 0.1) is 6.92 Å². The summed E-state index contributed by atoms with van der Waals surface area (Å²) in [6, 6.07) is 3.85. The summed E-state index contributed by atoms with van der Waals surface area (Å²) >= 11 is 0. The Labute approximate surface area is 81.5 Å². The van der Waals surface area contributed by atoms with E-state index in [0.29, 0.717) is 13.1 Å². The minimum atomic E-state index is 0.437. The molecule has 0 saturated heterocycles. The number of nitrogens with zero attached hydrogens (tertiary/aromatic N) is 3. The predicted octanol–water partition coefficient (Wildman–Crippen LogP) is 0.687. The lowest BCUT2D eigenvalue weighted by Crippen LogP contribution is -2.09. The van der Waals surface area contributed by atoms with Crippen LogP contribution in [0.5, 0.6) is 0 Å². The number of hydrogen-bond donors (Lipinski definition) is 1. The molecule has 0 amide bonds. The van der Waals surface area contributed by atoms with Gasteiger partial charge in [0.2, 0.25) is 0 Å². The summed E-state index contributed by atoms with van der Waals surface area (Å²) in [6.45, 7) is 2.93. The Balaban J connectivity index is 2.18. The summed E-state index contributed by atoms with van der Waals surface area (Å²) in [4.78, 5) is 0. The molecule has 0 aromatic carbocycles. The fourth-order valence-corrected chi connectivity index (χ4v) is 1.29. The summed E-state index contributed by atoms with van der Waals surface area (Å²) in [5, 5.41) is 7.71. The first-order valence-corrected chi connectivity index (χ1v) is 4.42. The lowest BCUT2D eigenvalue weighted by atomic mass is 10.4. The molecule has 2 aromatic heterocycles. The van der Waals surface area contributed by atoms with Gasteiger partial charge in [-0.3, -0.25) is 0 Å². The highest BCUT2D eigenvalue weighted by atomic mass is 16.3. The highest BCUT2D eigenvalue weighted by molar-refractivity contribution is 5.06. The van der Waals surface area contributed by atoms with Gasteiger partial charge in [-0.1, -0.05) is 5.21 Å². The van der Waals surface area contributed by atoms with Gasteiger partial charge in [-0.2, -0.15) is 0 Å². The number of furan rings is 1. The first-order chi connectivity index (χ1) is 6.79. The van der Waals surface area contributed by atoms with E-state index in [1.807, 2.05) is 19.1 Å². The van der Waals surface area contributed by atoms with E-state index in [9.17, 15) is 0 Å². The first kappa shape index (κ1) is 8.96. The Morgan fingerprint density at radius 3 is 3.00 bits per heavy atom. The van der Waals surface area contributed by atoms with Crippen LogP contribution in [-0.2, 0) is 13.1 Å². The Kier molecular flexibility index (Phi) is 2.32. The molecular formula is C9H12N4O. The van der Waals surface area contributed by atoms with Crippen molar-refractivity contribution >= 4 is 0 Å². The van der Waals surface area contributed by atoms with Crippen molar-refractivity contribution in [1.82, 2.24) is 15.0 Å². The van der Waals surface area contributed by atoms with Crippen molar-refractivity contribution in [3.05, 3.63) is 35.5 Å². The van der Waals surface area contributed by atoms with Gasteiger partial charge >= 0.3 is 0 Å². The third-order valence-corrected chi connectivity index (χ3v) is 2.01. The van der Waals surface area contributed by atoms with Gasteiger partial charge in [0, 0.05) is 6.54 Å². The Bertz CT molecular complexity index is 418. The normalized spacial score (nSPS) is 10.7. The van der Waals surface area contributed by atoms with E-state index in [1.54, 1.807) is 10.9 Å². The van der Waals surface area contributed by atoms with Crippen molar-refractivity contribution < 1.29 is 4.42 Å². The molecule has 0 aliphatic heterocycles. The van der Waals surface area contributed by atoms with Gasteiger partial charge in [-0.05, 0) is 19.1 Å². The molecular weight excluding hydrogens is 180 g/mol. The SMILES string of the molecule is Cc1ccc(Cn2nncc2CN)o1. The largest absolute Gasteiger partial charge is 0.464 e. The van der Waals surface area contributed by atoms with E-state index in [1.165, 1.54) is 0 Å². The molecule has 0 atom stereocenters. The Morgan fingerprint density at radius 2 is 2.36 bits per heavy atom. The van der Waals surface area contributed by atoms with Gasteiger partial charge in [0.05, 0.1) is 11.9 Å². The second-order valence-electron chi connectivity index (χ2n) is 3.10. The molecule has 2 N–H and O–H groups in total. The zero-order chi connectivity index (χ0) is 9.97. The topological polar surface area (TPSA) is 69.9 Å². The summed E-state index contributed by atoms with van der Waals surface area (Å²) in [7, 11) is 0. The van der Waals surface area contributed by atoms with Crippen LogP contribution in [0.1, 0.15) is 17.2 Å². The first-order valence-electron chi connectivity index (χ1n) is 4.42. The number of aromatic nitrogens is 3. The maximum absolute atomic E-state index is 5.52. The smallest absolute Gasteiger partial charge is 0.125 e. The molecule has 5 nitrogen and oxygen atoms in total. The lowest BCUT2D eigenvalue weighted by Gasteiger charge is -2.00. The summed E-state index contributed by atoms with van der Waals surface area (Å²) in [5.74, 6) is 1.76. The quantitative estimate of drug-likeness (QED) is 0.776. The van der Waals surface area contributed by atoms with E-state index in [0.717, 1.165) is 17.2 Å². The highest BCUT2D eigenvalue weighted by Crippen LogP contribution is 2.08. The number of rotatable bonds is 3. The summed E-state index contributed by atoms with van der Waals surface area (Å²) in [6.07, 6.45) is 1.66. The maximum Gasteiger partial charge on any atom is 0.125 e. The fourth-order valence-electron chi connectivity index (χ4n) is 1.29. The van der Waals surface area contributed by atoms with Gasteiger partial charge in [0.1, 0.15) is 18.1 Å². The average Bonchev–Trinajstić information content (AvgIpc) is 2.76. The van der Waals surface area contributed by atoms with E-state index < -0.39 is 0 Å². The standard InChI is InChI=1S/C9H12N4O/c1-7-2-3-9(14-7)6-13-8(4-10)5-11-12-13/h2-3,5H,4,6,10H2,1H3. The van der Waals surface area contributed by atoms with Crippen molar-refractivity contribution in [2.75, 3.05) is 0 Å². The van der Waals surface area contributed by atoms with E-state index in [2.05, 4.69) is 10.3 Å². The lowest BCUT2D eigenvalue weighted by molar-refractivity contribution is 0.451. The molecule has 74 valence electrons. The number of aryl methyl sites for hydroxylation is 1. The van der Waals surface area contributed by atoms with Crippen molar-refractivity contribution in [1.29, 1.82) is 0 Å². The molecule has 0 aliphatic rings. The predicted molar refractivity (Wildman–Crippen MR) is 50.5 cm³/mol. The third kappa shape index (κ3) is 1.67. The van der Waals surface area contributed by atoms with E-state index >= 15 is 0 Å². The summed E-state index contributed by atoms with van der Waals surface area (Å²) in [5.41, 5.74) is 6.42. The van der Waals surface area contributed by atoms with Gasteiger partial charge in [0.15, 0.2) is 0 Å². The molecule has 2 aromatic rings. The van der Waals surface area contributed by atoms with Crippen molar-refractivity contribution in [3.63, 3.8) is 0 Å². The van der Waals surface area contributed by atoms with Gasteiger partial charge < -0.3 is 10.2 Å². The molecule has 0 radical (unpaired) electrons. The average molecular weight is 192 g/mol. The molecule has 14 heavy (non-hydrogen) atoms. The second-order valence-corrected chi connectivity index (χ2v) is 3.10. The van der Waals surface area contributed by atoms with Gasteiger partial charge in [-0.25, -0.2) is 4.68 Å². The molecule has 0 spiro atoms. The Hall–Kier alpha value is -1.62. The van der Waals surface area contributed by atoms with Crippen LogP contribution >= 0.6 is 0 Å². The van der Waals surface area contributed by atoms with Crippen molar-refractivity contribution in [2.45, 2.75) is 20.0 Å². The zero-order valence-corrected chi connectivity index (χ0v) is 7.97. The van der Waals surface area contributed by atoms with Crippen LogP contribution < -0.4 is 5.73 Å². The fraction of sp³-hybridized carbons (Fsp3) is 0.333. The maximum atomic E-state index is 5.52. The van der Waals surface area contributed by atoms with Gasteiger partial charge in [-0.15, -0.1) is 5.10 Å². The molecule has 2 rings (SSSR count). The highest BCUT2D eigenvalue weighted by Gasteiger charge is 2.04. The van der Waals surface area contributed by atoms with Crippen LogP contribution in [0.2, 0.25) is 0 Å². The van der Waals surface area contributed by atoms with Crippen LogP contribution in [0.3, 0.4) is 0 Å². The third-order valence-electron chi connectivity index (χ3n) is 2.01. The minimum absolute atomic E-state index is 0.437. The minimum Gasteiger partial charge on any atom is -0.464 e. The number of nitrogens with two attached hydrogens (primary N) is 1. The number of hydrogen-bond acceptors (Lipinski definition) is 4. The van der Waals surface area contributed by atoms with Crippen LogP contribution in [-0.4, -0.2) is 15.0 Å². The molecule has 0 fully saturated rings.